The summed E-state index contributed by atoms with van der Waals surface area (Å²) in [6.45, 7) is 12.7. The van der Waals surface area contributed by atoms with Crippen LogP contribution in [-0.2, 0) is 0 Å². The van der Waals surface area contributed by atoms with Gasteiger partial charge in [-0.1, -0.05) is 42.8 Å². The second-order valence-electron chi connectivity index (χ2n) is 5.52. The van der Waals surface area contributed by atoms with E-state index in [4.69, 9.17) is 17.3 Å². The minimum atomic E-state index is -0.301. The molecule has 5 heteroatoms. The Morgan fingerprint density at radius 3 is 2.24 bits per heavy atom. The van der Waals surface area contributed by atoms with E-state index in [1.54, 1.807) is 18.0 Å². The minimum absolute atomic E-state index is 0.101. The predicted octanol–water partition coefficient (Wildman–Crippen LogP) is 1.68. The molecule has 6 N–H and O–H groups in total. The summed E-state index contributed by atoms with van der Waals surface area (Å²) in [5.74, 6) is 6.05. The first-order chi connectivity index (χ1) is 7.60. The van der Waals surface area contributed by atoms with Crippen molar-refractivity contribution in [2.24, 2.45) is 22.7 Å². The first kappa shape index (κ1) is 16.6. The molecule has 0 aromatic heterocycles. The molecule has 2 unspecified atom stereocenters. The Morgan fingerprint density at radius 1 is 1.47 bits per heavy atom. The summed E-state index contributed by atoms with van der Waals surface area (Å²) in [5, 5.41) is 1.71. The summed E-state index contributed by atoms with van der Waals surface area (Å²) < 4.78 is 0.770. The molecule has 0 rings (SSSR count). The van der Waals surface area contributed by atoms with Gasteiger partial charge in [0.2, 0.25) is 0 Å². The van der Waals surface area contributed by atoms with Crippen LogP contribution in [0, 0.1) is 5.41 Å². The van der Waals surface area contributed by atoms with Gasteiger partial charge in [0, 0.05) is 16.7 Å². The van der Waals surface area contributed by atoms with Crippen molar-refractivity contribution in [2.45, 2.75) is 39.8 Å². The molecule has 4 nitrogen and oxygen atoms in total. The van der Waals surface area contributed by atoms with E-state index in [0.29, 0.717) is 5.70 Å². The lowest BCUT2D eigenvalue weighted by atomic mass is 9.95. The molecule has 0 aliphatic rings. The fraction of sp³-hybridized carbons (Fsp3) is 0.667. The smallest absolute Gasteiger partial charge is 0.0617 e. The SMILES string of the molecule is C=CC(C(N)/C(Br)=C(\C)N)N(N)CC(C)(C)C. The van der Waals surface area contributed by atoms with E-state index in [9.17, 15) is 0 Å². The molecule has 0 aliphatic carbocycles. The van der Waals surface area contributed by atoms with Gasteiger partial charge in [-0.25, -0.2) is 5.01 Å². The third-order valence-electron chi connectivity index (χ3n) is 2.32. The van der Waals surface area contributed by atoms with Crippen molar-refractivity contribution in [1.82, 2.24) is 5.01 Å². The number of hydrogen-bond donors (Lipinski definition) is 3. The van der Waals surface area contributed by atoms with Crippen molar-refractivity contribution in [3.05, 3.63) is 22.8 Å². The molecule has 0 saturated carbocycles. The summed E-state index contributed by atoms with van der Waals surface area (Å²) in [6.07, 6.45) is 1.75. The molecular formula is C12H25BrN4. The molecule has 0 radical (unpaired) electrons. The molecule has 0 heterocycles. The topological polar surface area (TPSA) is 81.3 Å². The zero-order valence-electron chi connectivity index (χ0n) is 11.2. The third kappa shape index (κ3) is 5.68. The maximum atomic E-state index is 6.12. The van der Waals surface area contributed by atoms with E-state index in [0.717, 1.165) is 11.0 Å². The summed E-state index contributed by atoms with van der Waals surface area (Å²) in [6, 6.07) is -0.452. The maximum absolute atomic E-state index is 6.12. The second kappa shape index (κ2) is 6.54. The molecule has 0 amide bonds. The highest BCUT2D eigenvalue weighted by Gasteiger charge is 2.26. The summed E-state index contributed by atoms with van der Waals surface area (Å²) in [4.78, 5) is 0. The van der Waals surface area contributed by atoms with E-state index >= 15 is 0 Å². The van der Waals surface area contributed by atoms with Crippen molar-refractivity contribution in [3.8, 4) is 0 Å². The summed E-state index contributed by atoms with van der Waals surface area (Å²) in [5.41, 5.74) is 12.6. The molecule has 0 spiro atoms. The van der Waals surface area contributed by atoms with Crippen molar-refractivity contribution in [2.75, 3.05) is 6.54 Å². The van der Waals surface area contributed by atoms with Crippen molar-refractivity contribution in [1.29, 1.82) is 0 Å². The number of hydrazine groups is 1. The molecule has 2 atom stereocenters. The zero-order valence-corrected chi connectivity index (χ0v) is 12.8. The van der Waals surface area contributed by atoms with Crippen LogP contribution in [0.3, 0.4) is 0 Å². The molecule has 0 saturated heterocycles. The molecule has 0 fully saturated rings. The monoisotopic (exact) mass is 304 g/mol. The number of nitrogens with zero attached hydrogens (tertiary/aromatic N) is 1. The van der Waals surface area contributed by atoms with Crippen molar-refractivity contribution in [3.63, 3.8) is 0 Å². The first-order valence-corrected chi connectivity index (χ1v) is 6.40. The average molecular weight is 305 g/mol. The molecule has 0 bridgehead atoms. The van der Waals surface area contributed by atoms with E-state index in [-0.39, 0.29) is 17.5 Å². The standard InChI is InChI=1S/C12H25BrN4/c1-6-9(11(15)10(13)8(2)14)17(16)7-12(3,4)5/h6,9,11H,1,7,14-16H2,2-5H3/b10-8-. The lowest BCUT2D eigenvalue weighted by molar-refractivity contribution is 0.155. The molecule has 100 valence electrons. The van der Waals surface area contributed by atoms with Gasteiger partial charge in [0.05, 0.1) is 12.1 Å². The van der Waals surface area contributed by atoms with Crippen LogP contribution >= 0.6 is 15.9 Å². The Labute approximate surface area is 113 Å². The van der Waals surface area contributed by atoms with Crippen LogP contribution in [0.4, 0.5) is 0 Å². The van der Waals surface area contributed by atoms with E-state index < -0.39 is 0 Å². The van der Waals surface area contributed by atoms with Crippen molar-refractivity contribution >= 4 is 15.9 Å². The van der Waals surface area contributed by atoms with E-state index in [1.165, 1.54) is 0 Å². The lowest BCUT2D eigenvalue weighted by Crippen LogP contribution is -2.53. The normalized spacial score (nSPS) is 17.6. The van der Waals surface area contributed by atoms with E-state index in [2.05, 4.69) is 43.3 Å². The highest BCUT2D eigenvalue weighted by Crippen LogP contribution is 2.20. The van der Waals surface area contributed by atoms with Gasteiger partial charge in [-0.15, -0.1) is 6.58 Å². The number of halogens is 1. The van der Waals surface area contributed by atoms with E-state index in [1.807, 2.05) is 0 Å². The Morgan fingerprint density at radius 2 is 1.94 bits per heavy atom. The molecule has 0 aromatic rings. The van der Waals surface area contributed by atoms with Crippen LogP contribution < -0.4 is 17.3 Å². The van der Waals surface area contributed by atoms with Crippen LogP contribution in [0.2, 0.25) is 0 Å². The first-order valence-electron chi connectivity index (χ1n) is 5.61. The fourth-order valence-corrected chi connectivity index (χ4v) is 1.83. The average Bonchev–Trinajstić information content (AvgIpc) is 2.14. The van der Waals surface area contributed by atoms with Crippen molar-refractivity contribution < 1.29 is 0 Å². The Bertz CT molecular complexity index is 289. The number of allylic oxidation sites excluding steroid dienone is 1. The number of hydrogen-bond acceptors (Lipinski definition) is 4. The van der Waals surface area contributed by atoms with Gasteiger partial charge in [-0.05, 0) is 12.3 Å². The third-order valence-corrected chi connectivity index (χ3v) is 3.47. The maximum Gasteiger partial charge on any atom is 0.0617 e. The van der Waals surface area contributed by atoms with Crippen LogP contribution in [-0.4, -0.2) is 23.6 Å². The van der Waals surface area contributed by atoms with Crippen LogP contribution in [0.5, 0.6) is 0 Å². The number of nitrogens with two attached hydrogens (primary N) is 3. The largest absolute Gasteiger partial charge is 0.402 e. The van der Waals surface area contributed by atoms with Gasteiger partial charge >= 0.3 is 0 Å². The van der Waals surface area contributed by atoms with Crippen LogP contribution in [0.25, 0.3) is 0 Å². The highest BCUT2D eigenvalue weighted by molar-refractivity contribution is 9.11. The summed E-state index contributed by atoms with van der Waals surface area (Å²) in [7, 11) is 0. The van der Waals surface area contributed by atoms with Crippen LogP contribution in [0.1, 0.15) is 27.7 Å². The highest BCUT2D eigenvalue weighted by atomic mass is 79.9. The molecule has 0 aromatic carbocycles. The molecular weight excluding hydrogens is 280 g/mol. The van der Waals surface area contributed by atoms with Gasteiger partial charge in [0.15, 0.2) is 0 Å². The Hall–Kier alpha value is -0.360. The fourth-order valence-electron chi connectivity index (χ4n) is 1.55. The van der Waals surface area contributed by atoms with Gasteiger partial charge < -0.3 is 11.5 Å². The zero-order chi connectivity index (χ0) is 13.8. The van der Waals surface area contributed by atoms with Gasteiger partial charge in [-0.3, -0.25) is 5.84 Å². The predicted molar refractivity (Wildman–Crippen MR) is 78.1 cm³/mol. The Kier molecular flexibility index (Phi) is 6.40. The van der Waals surface area contributed by atoms with Gasteiger partial charge in [0.25, 0.3) is 0 Å². The number of rotatable bonds is 5. The van der Waals surface area contributed by atoms with Crippen LogP contribution in [0.15, 0.2) is 22.8 Å². The quantitative estimate of drug-likeness (QED) is 0.410. The molecule has 0 aliphatic heterocycles. The minimum Gasteiger partial charge on any atom is -0.402 e. The Balaban J connectivity index is 4.85. The molecule has 17 heavy (non-hydrogen) atoms. The van der Waals surface area contributed by atoms with Gasteiger partial charge in [-0.2, -0.15) is 0 Å². The second-order valence-corrected chi connectivity index (χ2v) is 6.37. The lowest BCUT2D eigenvalue weighted by Gasteiger charge is -2.34. The summed E-state index contributed by atoms with van der Waals surface area (Å²) >= 11 is 3.40. The van der Waals surface area contributed by atoms with Gasteiger partial charge in [0.1, 0.15) is 0 Å².